The van der Waals surface area contributed by atoms with Gasteiger partial charge >= 0.3 is 0 Å². The van der Waals surface area contributed by atoms with Gasteiger partial charge in [0.05, 0.1) is 0 Å². The second-order valence-corrected chi connectivity index (χ2v) is 12.5. The van der Waals surface area contributed by atoms with E-state index in [2.05, 4.69) is 126 Å². The van der Waals surface area contributed by atoms with E-state index < -0.39 is 0 Å². The summed E-state index contributed by atoms with van der Waals surface area (Å²) in [7, 11) is 0. The lowest BCUT2D eigenvalue weighted by atomic mass is 9.87. The van der Waals surface area contributed by atoms with Crippen LogP contribution in [0.25, 0.3) is 11.1 Å². The van der Waals surface area contributed by atoms with Crippen LogP contribution in [0.4, 0.5) is 0 Å². The lowest BCUT2D eigenvalue weighted by Crippen LogP contribution is -2.08. The molecule has 4 aromatic rings. The number of hydrogen-bond acceptors (Lipinski definition) is 2. The third-order valence-corrected chi connectivity index (χ3v) is 8.78. The Kier molecular flexibility index (Phi) is 15.1. The molecule has 0 fully saturated rings. The van der Waals surface area contributed by atoms with Gasteiger partial charge in [0.25, 0.3) is 0 Å². The summed E-state index contributed by atoms with van der Waals surface area (Å²) in [6.07, 6.45) is 9.80. The van der Waals surface area contributed by atoms with Gasteiger partial charge in [-0.3, -0.25) is 4.79 Å². The molecule has 0 aliphatic heterocycles. The van der Waals surface area contributed by atoms with E-state index >= 15 is 0 Å². The molecule has 1 atom stereocenters. The molecule has 2 nitrogen and oxygen atoms in total. The van der Waals surface area contributed by atoms with Crippen LogP contribution in [0, 0.1) is 19.8 Å². The number of carbonyl (C=O) groups is 1. The average molecular weight is 605 g/mol. The van der Waals surface area contributed by atoms with E-state index in [4.69, 9.17) is 4.74 Å². The molecule has 0 N–H and O–H groups in total. The second-order valence-electron chi connectivity index (χ2n) is 12.5. The van der Waals surface area contributed by atoms with Crippen LogP contribution in [-0.4, -0.2) is 5.78 Å². The quantitative estimate of drug-likeness (QED) is 0.135. The van der Waals surface area contributed by atoms with Gasteiger partial charge in [-0.15, -0.1) is 0 Å². The highest BCUT2D eigenvalue weighted by molar-refractivity contribution is 5.78. The van der Waals surface area contributed by atoms with Gasteiger partial charge in [-0.2, -0.15) is 0 Å². The van der Waals surface area contributed by atoms with Crippen LogP contribution in [0.5, 0.6) is 5.75 Å². The maximum atomic E-state index is 10.8. The molecule has 0 heterocycles. The summed E-state index contributed by atoms with van der Waals surface area (Å²) < 4.78 is 6.40. The Bertz CT molecular complexity index is 1480. The second kappa shape index (κ2) is 19.0. The van der Waals surface area contributed by atoms with Crippen molar-refractivity contribution >= 4 is 5.78 Å². The minimum atomic E-state index is 0.329. The minimum Gasteiger partial charge on any atom is -0.489 e. The Hall–Kier alpha value is -3.65. The predicted octanol–water partition coefficient (Wildman–Crippen LogP) is 11.6. The van der Waals surface area contributed by atoms with Gasteiger partial charge < -0.3 is 4.74 Å². The monoisotopic (exact) mass is 604 g/mol. The topological polar surface area (TPSA) is 26.3 Å². The molecular weight excluding hydrogens is 548 g/mol. The summed E-state index contributed by atoms with van der Waals surface area (Å²) in [5, 5.41) is 0. The van der Waals surface area contributed by atoms with Gasteiger partial charge in [0, 0.05) is 11.5 Å². The van der Waals surface area contributed by atoms with Crippen LogP contribution in [0.1, 0.15) is 106 Å². The predicted molar refractivity (Wildman–Crippen MR) is 193 cm³/mol. The summed E-state index contributed by atoms with van der Waals surface area (Å²) >= 11 is 0. The number of benzene rings is 4. The lowest BCUT2D eigenvalue weighted by molar-refractivity contribution is -0.121. The van der Waals surface area contributed by atoms with Crippen LogP contribution in [-0.2, 0) is 37.1 Å². The van der Waals surface area contributed by atoms with E-state index in [1.54, 1.807) is 6.92 Å². The molecule has 0 aliphatic carbocycles. The Morgan fingerprint density at radius 2 is 1.31 bits per heavy atom. The molecule has 0 saturated carbocycles. The van der Waals surface area contributed by atoms with Crippen LogP contribution in [0.3, 0.4) is 0 Å². The molecule has 4 aromatic carbocycles. The van der Waals surface area contributed by atoms with Crippen molar-refractivity contribution in [1.29, 1.82) is 0 Å². The summed E-state index contributed by atoms with van der Waals surface area (Å²) in [5.41, 5.74) is 12.2. The number of hydrogen-bond donors (Lipinski definition) is 0. The van der Waals surface area contributed by atoms with E-state index in [0.29, 0.717) is 18.3 Å². The Labute approximate surface area is 274 Å². The number of ether oxygens (including phenoxy) is 1. The van der Waals surface area contributed by atoms with Crippen molar-refractivity contribution in [2.45, 2.75) is 113 Å². The number of carbonyl (C=O) groups excluding carboxylic acids is 1. The summed E-state index contributed by atoms with van der Waals surface area (Å²) in [6, 6.07) is 31.0. The van der Waals surface area contributed by atoms with Crippen LogP contribution >= 0.6 is 0 Å². The highest BCUT2D eigenvalue weighted by atomic mass is 16.5. The Balaban J connectivity index is 0.000000535. The van der Waals surface area contributed by atoms with Crippen LogP contribution in [0.2, 0.25) is 0 Å². The molecular formula is C43H56O2. The van der Waals surface area contributed by atoms with Crippen LogP contribution < -0.4 is 4.74 Å². The van der Waals surface area contributed by atoms with E-state index in [1.807, 2.05) is 0 Å². The number of aryl methyl sites for hydroxylation is 4. The molecule has 0 amide bonds. The maximum Gasteiger partial charge on any atom is 0.132 e. The first-order valence-corrected chi connectivity index (χ1v) is 17.3. The first kappa shape index (κ1) is 35.8. The van der Waals surface area contributed by atoms with Crippen molar-refractivity contribution in [2.75, 3.05) is 0 Å². The van der Waals surface area contributed by atoms with E-state index in [1.165, 1.54) is 62.9 Å². The van der Waals surface area contributed by atoms with E-state index in [9.17, 15) is 4.79 Å². The summed E-state index contributed by atoms with van der Waals surface area (Å²) in [5.74, 6) is 1.68. The van der Waals surface area contributed by atoms with Gasteiger partial charge in [0.1, 0.15) is 18.1 Å². The van der Waals surface area contributed by atoms with Crippen molar-refractivity contribution in [1.82, 2.24) is 0 Å². The molecule has 0 aliphatic rings. The maximum absolute atomic E-state index is 10.8. The summed E-state index contributed by atoms with van der Waals surface area (Å²) in [4.78, 5) is 10.8. The number of Topliss-reactive ketones (excluding diaryl/α,β-unsaturated/α-hetero) is 1. The molecule has 0 spiro atoms. The van der Waals surface area contributed by atoms with Crippen molar-refractivity contribution < 1.29 is 9.53 Å². The third kappa shape index (κ3) is 11.0. The zero-order chi connectivity index (χ0) is 32.6. The van der Waals surface area contributed by atoms with Crippen molar-refractivity contribution in [3.63, 3.8) is 0 Å². The van der Waals surface area contributed by atoms with Crippen LogP contribution in [0.15, 0.2) is 84.9 Å². The first-order chi connectivity index (χ1) is 21.8. The lowest BCUT2D eigenvalue weighted by Gasteiger charge is -2.20. The third-order valence-electron chi connectivity index (χ3n) is 8.78. The fraction of sp³-hybridized carbons (Fsp3) is 0.419. The molecule has 45 heavy (non-hydrogen) atoms. The van der Waals surface area contributed by atoms with Crippen molar-refractivity contribution in [3.05, 3.63) is 124 Å². The highest BCUT2D eigenvalue weighted by Gasteiger charge is 2.16. The molecule has 0 bridgehead atoms. The van der Waals surface area contributed by atoms with Crippen molar-refractivity contribution in [2.24, 2.45) is 5.92 Å². The smallest absolute Gasteiger partial charge is 0.132 e. The molecule has 0 aromatic heterocycles. The fourth-order valence-electron chi connectivity index (χ4n) is 6.24. The van der Waals surface area contributed by atoms with Gasteiger partial charge in [-0.1, -0.05) is 131 Å². The van der Waals surface area contributed by atoms with Crippen molar-refractivity contribution in [3.8, 4) is 16.9 Å². The molecule has 1 unspecified atom stereocenters. The van der Waals surface area contributed by atoms with Gasteiger partial charge in [0.15, 0.2) is 0 Å². The average Bonchev–Trinajstić information content (AvgIpc) is 3.04. The number of ketones is 1. The zero-order valence-corrected chi connectivity index (χ0v) is 29.0. The normalized spacial score (nSPS) is 11.4. The molecule has 4 rings (SSSR count). The largest absolute Gasteiger partial charge is 0.489 e. The molecule has 2 heteroatoms. The minimum absolute atomic E-state index is 0.329. The van der Waals surface area contributed by atoms with Gasteiger partial charge in [0.2, 0.25) is 0 Å². The first-order valence-electron chi connectivity index (χ1n) is 17.3. The van der Waals surface area contributed by atoms with Gasteiger partial charge in [-0.05, 0) is 105 Å². The summed E-state index contributed by atoms with van der Waals surface area (Å²) in [6.45, 7) is 15.3. The number of unbranched alkanes of at least 4 members (excludes halogenated alkanes) is 1. The van der Waals surface area contributed by atoms with E-state index in [-0.39, 0.29) is 0 Å². The number of rotatable bonds is 15. The Morgan fingerprint density at radius 3 is 1.89 bits per heavy atom. The van der Waals surface area contributed by atoms with Gasteiger partial charge in [-0.25, -0.2) is 0 Å². The highest BCUT2D eigenvalue weighted by Crippen LogP contribution is 2.36. The zero-order valence-electron chi connectivity index (χ0n) is 29.0. The standard InChI is InChI=1S/C35H40O.C8H16O/c1-5-7-17-32-30(22-21-28-14-8-12-26(3)23-28)16-10-18-34(32)33-19-11-20-35(31(33)6-2)36-25-29-15-9-13-27(4)24-29;1-4-6-8(5-2)7(3)9/h8-16,18-20,23-24H,5-7,17,21-22,25H2,1-4H3;8H,4-6H2,1-3H3. The molecule has 0 radical (unpaired) electrons. The SMILES string of the molecule is CCCC(CC)C(C)=O.CCCCc1c(CCc2cccc(C)c2)cccc1-c1cccc(OCc2cccc(C)c2)c1CC. The fourth-order valence-corrected chi connectivity index (χ4v) is 6.24. The molecule has 0 saturated heterocycles. The Morgan fingerprint density at radius 1 is 0.689 bits per heavy atom. The molecule has 240 valence electrons. The van der Waals surface area contributed by atoms with E-state index in [0.717, 1.165) is 50.7 Å².